The first-order valence-corrected chi connectivity index (χ1v) is 8.12. The van der Waals surface area contributed by atoms with Crippen LogP contribution < -0.4 is 5.32 Å². The van der Waals surface area contributed by atoms with Gasteiger partial charge in [-0.1, -0.05) is 37.6 Å². The fourth-order valence-corrected chi connectivity index (χ4v) is 2.77. The van der Waals surface area contributed by atoms with Gasteiger partial charge in [-0.25, -0.2) is 0 Å². The van der Waals surface area contributed by atoms with Crippen molar-refractivity contribution in [2.24, 2.45) is 5.41 Å². The molecule has 112 valence electrons. The molecule has 0 spiro atoms. The second kappa shape index (κ2) is 7.24. The lowest BCUT2D eigenvalue weighted by Crippen LogP contribution is -2.27. The highest BCUT2D eigenvalue weighted by atomic mass is 16.3. The van der Waals surface area contributed by atoms with E-state index >= 15 is 0 Å². The second-order valence-electron chi connectivity index (χ2n) is 6.42. The standard InChI is InChI=1S/C18H29NO/c1-3-4-5-16-6-8-17(9-7-16)15(2)19-14-18(10-11-18)12-13-20/h6-9,15,19-20H,3-5,10-14H2,1-2H3. The second-order valence-corrected chi connectivity index (χ2v) is 6.42. The molecule has 0 amide bonds. The van der Waals surface area contributed by atoms with Crippen molar-refractivity contribution in [3.8, 4) is 0 Å². The van der Waals surface area contributed by atoms with Crippen LogP contribution in [-0.2, 0) is 6.42 Å². The van der Waals surface area contributed by atoms with Crippen molar-refractivity contribution in [2.45, 2.75) is 58.4 Å². The average molecular weight is 275 g/mol. The SMILES string of the molecule is CCCCc1ccc(C(C)NCC2(CCO)CC2)cc1. The van der Waals surface area contributed by atoms with Crippen molar-refractivity contribution < 1.29 is 5.11 Å². The third kappa shape index (κ3) is 4.32. The predicted octanol–water partition coefficient (Wildman–Crippen LogP) is 3.84. The molecule has 2 N–H and O–H groups in total. The van der Waals surface area contributed by atoms with Crippen LogP contribution in [0.2, 0.25) is 0 Å². The topological polar surface area (TPSA) is 32.3 Å². The highest BCUT2D eigenvalue weighted by Gasteiger charge is 2.41. The summed E-state index contributed by atoms with van der Waals surface area (Å²) in [6.07, 6.45) is 7.21. The van der Waals surface area contributed by atoms with Gasteiger partial charge in [0.15, 0.2) is 0 Å². The Labute approximate surface area is 123 Å². The zero-order valence-corrected chi connectivity index (χ0v) is 13.0. The van der Waals surface area contributed by atoms with Crippen LogP contribution in [0, 0.1) is 5.41 Å². The first-order valence-electron chi connectivity index (χ1n) is 8.12. The summed E-state index contributed by atoms with van der Waals surface area (Å²) in [5, 5.41) is 12.7. The van der Waals surface area contributed by atoms with Crippen LogP contribution in [0.25, 0.3) is 0 Å². The normalized spacial score (nSPS) is 17.9. The molecule has 1 atom stereocenters. The van der Waals surface area contributed by atoms with E-state index in [-0.39, 0.29) is 0 Å². The zero-order valence-electron chi connectivity index (χ0n) is 13.0. The van der Waals surface area contributed by atoms with Gasteiger partial charge in [0.25, 0.3) is 0 Å². The Morgan fingerprint density at radius 1 is 1.25 bits per heavy atom. The molecule has 0 bridgehead atoms. The van der Waals surface area contributed by atoms with Gasteiger partial charge in [-0.2, -0.15) is 0 Å². The number of unbranched alkanes of at least 4 members (excludes halogenated alkanes) is 1. The predicted molar refractivity (Wildman–Crippen MR) is 84.8 cm³/mol. The summed E-state index contributed by atoms with van der Waals surface area (Å²) in [6.45, 7) is 5.82. The molecule has 0 saturated heterocycles. The smallest absolute Gasteiger partial charge is 0.0436 e. The van der Waals surface area contributed by atoms with Crippen LogP contribution in [0.5, 0.6) is 0 Å². The fourth-order valence-electron chi connectivity index (χ4n) is 2.77. The molecule has 1 saturated carbocycles. The first-order chi connectivity index (χ1) is 9.69. The van der Waals surface area contributed by atoms with E-state index in [1.807, 2.05) is 0 Å². The summed E-state index contributed by atoms with van der Waals surface area (Å²) in [6, 6.07) is 9.45. The van der Waals surface area contributed by atoms with Gasteiger partial charge in [-0.3, -0.25) is 0 Å². The minimum absolute atomic E-state index is 0.322. The summed E-state index contributed by atoms with van der Waals surface area (Å²) >= 11 is 0. The Morgan fingerprint density at radius 2 is 1.95 bits per heavy atom. The van der Waals surface area contributed by atoms with Crippen molar-refractivity contribution in [1.82, 2.24) is 5.32 Å². The van der Waals surface area contributed by atoms with E-state index in [1.165, 1.54) is 43.2 Å². The largest absolute Gasteiger partial charge is 0.396 e. The molecule has 0 radical (unpaired) electrons. The maximum absolute atomic E-state index is 9.10. The molecule has 1 aromatic carbocycles. The third-order valence-electron chi connectivity index (χ3n) is 4.68. The highest BCUT2D eigenvalue weighted by molar-refractivity contribution is 5.25. The molecule has 1 aromatic rings. The molecule has 0 heterocycles. The first kappa shape index (κ1) is 15.5. The van der Waals surface area contributed by atoms with Gasteiger partial charge < -0.3 is 10.4 Å². The van der Waals surface area contributed by atoms with Crippen molar-refractivity contribution in [1.29, 1.82) is 0 Å². The van der Waals surface area contributed by atoms with E-state index in [0.29, 0.717) is 18.1 Å². The van der Waals surface area contributed by atoms with Gasteiger partial charge >= 0.3 is 0 Å². The van der Waals surface area contributed by atoms with Crippen LogP contribution in [-0.4, -0.2) is 18.3 Å². The lowest BCUT2D eigenvalue weighted by molar-refractivity contribution is 0.243. The average Bonchev–Trinajstić information content (AvgIpc) is 3.24. The van der Waals surface area contributed by atoms with Gasteiger partial charge in [-0.15, -0.1) is 0 Å². The Hall–Kier alpha value is -0.860. The van der Waals surface area contributed by atoms with Gasteiger partial charge in [0.2, 0.25) is 0 Å². The third-order valence-corrected chi connectivity index (χ3v) is 4.68. The van der Waals surface area contributed by atoms with Crippen molar-refractivity contribution in [2.75, 3.05) is 13.2 Å². The van der Waals surface area contributed by atoms with Gasteiger partial charge in [-0.05, 0) is 55.6 Å². The van der Waals surface area contributed by atoms with E-state index in [0.717, 1.165) is 13.0 Å². The van der Waals surface area contributed by atoms with E-state index < -0.39 is 0 Å². The maximum atomic E-state index is 9.10. The van der Waals surface area contributed by atoms with Crippen LogP contribution in [0.3, 0.4) is 0 Å². The fraction of sp³-hybridized carbons (Fsp3) is 0.667. The van der Waals surface area contributed by atoms with E-state index in [9.17, 15) is 0 Å². The van der Waals surface area contributed by atoms with Gasteiger partial charge in [0.05, 0.1) is 0 Å². The number of hydrogen-bond donors (Lipinski definition) is 2. The summed E-state index contributed by atoms with van der Waals surface area (Å²) in [4.78, 5) is 0. The molecule has 1 aliphatic carbocycles. The molecule has 1 fully saturated rings. The Balaban J connectivity index is 1.81. The minimum atomic E-state index is 0.322. The van der Waals surface area contributed by atoms with E-state index in [2.05, 4.69) is 43.4 Å². The van der Waals surface area contributed by atoms with Crippen molar-refractivity contribution in [3.63, 3.8) is 0 Å². The molecule has 0 aromatic heterocycles. The highest BCUT2D eigenvalue weighted by Crippen LogP contribution is 2.48. The molecule has 1 aliphatic rings. The van der Waals surface area contributed by atoms with Crippen molar-refractivity contribution in [3.05, 3.63) is 35.4 Å². The summed E-state index contributed by atoms with van der Waals surface area (Å²) in [5.74, 6) is 0. The van der Waals surface area contributed by atoms with Gasteiger partial charge in [0, 0.05) is 19.2 Å². The monoisotopic (exact) mass is 275 g/mol. The minimum Gasteiger partial charge on any atom is -0.396 e. The number of hydrogen-bond acceptors (Lipinski definition) is 2. The Bertz CT molecular complexity index is 394. The number of aryl methyl sites for hydroxylation is 1. The molecule has 2 nitrogen and oxygen atoms in total. The molecular weight excluding hydrogens is 246 g/mol. The van der Waals surface area contributed by atoms with Crippen LogP contribution >= 0.6 is 0 Å². The number of rotatable bonds is 9. The molecule has 20 heavy (non-hydrogen) atoms. The van der Waals surface area contributed by atoms with Gasteiger partial charge in [0.1, 0.15) is 0 Å². The Morgan fingerprint density at radius 3 is 2.50 bits per heavy atom. The summed E-state index contributed by atoms with van der Waals surface area (Å²) in [5.41, 5.74) is 3.20. The summed E-state index contributed by atoms with van der Waals surface area (Å²) in [7, 11) is 0. The van der Waals surface area contributed by atoms with Crippen molar-refractivity contribution >= 4 is 0 Å². The Kier molecular flexibility index (Phi) is 5.62. The molecule has 0 aliphatic heterocycles. The molecule has 1 unspecified atom stereocenters. The maximum Gasteiger partial charge on any atom is 0.0436 e. The zero-order chi connectivity index (χ0) is 14.4. The summed E-state index contributed by atoms with van der Waals surface area (Å²) < 4.78 is 0. The number of benzene rings is 1. The van der Waals surface area contributed by atoms with E-state index in [1.54, 1.807) is 0 Å². The molecule has 2 heteroatoms. The van der Waals surface area contributed by atoms with Crippen LogP contribution in [0.1, 0.15) is 63.1 Å². The lowest BCUT2D eigenvalue weighted by atomic mass is 10.0. The molecule has 2 rings (SSSR count). The number of nitrogens with one attached hydrogen (secondary N) is 1. The number of aliphatic hydroxyl groups excluding tert-OH is 1. The molecular formula is C18H29NO. The van der Waals surface area contributed by atoms with E-state index in [4.69, 9.17) is 5.11 Å². The number of aliphatic hydroxyl groups is 1. The lowest BCUT2D eigenvalue weighted by Gasteiger charge is -2.20. The van der Waals surface area contributed by atoms with Crippen LogP contribution in [0.15, 0.2) is 24.3 Å². The quantitative estimate of drug-likeness (QED) is 0.717. The van der Waals surface area contributed by atoms with Crippen LogP contribution in [0.4, 0.5) is 0 Å².